The Hall–Kier alpha value is -2.41. The molecule has 1 unspecified atom stereocenters. The first kappa shape index (κ1) is 18.0. The number of nitrogens with one attached hydrogen (secondary N) is 1. The molecule has 0 bridgehead atoms. The molecule has 0 aromatic heterocycles. The van der Waals surface area contributed by atoms with E-state index in [0.29, 0.717) is 25.4 Å². The first-order chi connectivity index (χ1) is 13.2. The predicted molar refractivity (Wildman–Crippen MR) is 103 cm³/mol. The average molecular weight is 388 g/mol. The lowest BCUT2D eigenvalue weighted by atomic mass is 10.1. The summed E-state index contributed by atoms with van der Waals surface area (Å²) in [6.45, 7) is 1.93. The number of amides is 2. The minimum atomic E-state index is -0.171. The van der Waals surface area contributed by atoms with Gasteiger partial charge in [0.05, 0.1) is 0 Å². The van der Waals surface area contributed by atoms with E-state index < -0.39 is 0 Å². The second kappa shape index (κ2) is 8.08. The lowest BCUT2D eigenvalue weighted by molar-refractivity contribution is 0.174. The van der Waals surface area contributed by atoms with E-state index in [1.165, 1.54) is 6.07 Å². The summed E-state index contributed by atoms with van der Waals surface area (Å²) in [7, 11) is 0. The van der Waals surface area contributed by atoms with E-state index in [2.05, 4.69) is 5.32 Å². The highest BCUT2D eigenvalue weighted by atomic mass is 32.2. The zero-order chi connectivity index (χ0) is 18.6. The average Bonchev–Trinajstić information content (AvgIpc) is 3.01. The van der Waals surface area contributed by atoms with E-state index in [4.69, 9.17) is 9.47 Å². The Balaban J connectivity index is 1.32. The molecule has 1 atom stereocenters. The van der Waals surface area contributed by atoms with Gasteiger partial charge in [-0.25, -0.2) is 9.18 Å². The molecule has 1 N–H and O–H groups in total. The number of ether oxygens (including phenoxy) is 2. The van der Waals surface area contributed by atoms with E-state index >= 15 is 0 Å². The molecule has 27 heavy (non-hydrogen) atoms. The molecule has 5 nitrogen and oxygen atoms in total. The summed E-state index contributed by atoms with van der Waals surface area (Å²) in [6, 6.07) is 12.5. The summed E-state index contributed by atoms with van der Waals surface area (Å²) in [5, 5.41) is 3.04. The number of thioether (sulfide) groups is 1. The second-order valence-electron chi connectivity index (χ2n) is 6.50. The smallest absolute Gasteiger partial charge is 0.317 e. The maximum atomic E-state index is 14.0. The van der Waals surface area contributed by atoms with Gasteiger partial charge in [0.2, 0.25) is 6.79 Å². The van der Waals surface area contributed by atoms with Gasteiger partial charge in [0, 0.05) is 36.2 Å². The van der Waals surface area contributed by atoms with Crippen LogP contribution in [0.4, 0.5) is 9.18 Å². The monoisotopic (exact) mass is 388 g/mol. The standard InChI is InChI=1S/C20H21FN2O3S/c21-16-4-2-1-3-15(16)19-7-8-23(9-10-27-19)20(24)22-12-14-5-6-17-18(11-14)26-13-25-17/h1-6,11,19H,7-10,12-13H2,(H,22,24). The van der Waals surface area contributed by atoms with Gasteiger partial charge < -0.3 is 19.7 Å². The van der Waals surface area contributed by atoms with Crippen LogP contribution in [0.15, 0.2) is 42.5 Å². The van der Waals surface area contributed by atoms with Gasteiger partial charge in [-0.3, -0.25) is 0 Å². The summed E-state index contributed by atoms with van der Waals surface area (Å²) >= 11 is 1.71. The Morgan fingerprint density at radius 3 is 2.93 bits per heavy atom. The van der Waals surface area contributed by atoms with Crippen molar-refractivity contribution >= 4 is 17.8 Å². The van der Waals surface area contributed by atoms with Gasteiger partial charge >= 0.3 is 6.03 Å². The summed E-state index contributed by atoms with van der Waals surface area (Å²) < 4.78 is 24.7. The summed E-state index contributed by atoms with van der Waals surface area (Å²) in [5.74, 6) is 2.06. The highest BCUT2D eigenvalue weighted by molar-refractivity contribution is 7.99. The van der Waals surface area contributed by atoms with Crippen molar-refractivity contribution in [1.82, 2.24) is 10.2 Å². The van der Waals surface area contributed by atoms with Gasteiger partial charge in [-0.05, 0) is 30.2 Å². The first-order valence-corrected chi connectivity index (χ1v) is 10.0. The lowest BCUT2D eigenvalue weighted by Gasteiger charge is -2.21. The number of benzene rings is 2. The third kappa shape index (κ3) is 4.13. The van der Waals surface area contributed by atoms with E-state index in [1.54, 1.807) is 22.7 Å². The van der Waals surface area contributed by atoms with Crippen molar-refractivity contribution < 1.29 is 18.7 Å². The number of hydrogen-bond acceptors (Lipinski definition) is 4. The lowest BCUT2D eigenvalue weighted by Crippen LogP contribution is -2.40. The molecule has 0 aliphatic carbocycles. The molecule has 2 aromatic rings. The summed E-state index contributed by atoms with van der Waals surface area (Å²) in [5.41, 5.74) is 1.69. The van der Waals surface area contributed by atoms with Crippen LogP contribution in [-0.4, -0.2) is 36.6 Å². The Labute approximate surface area is 161 Å². The SMILES string of the molecule is O=C(NCc1ccc2c(c1)OCO2)N1CCSC(c2ccccc2F)CC1. The van der Waals surface area contributed by atoms with Crippen LogP contribution in [-0.2, 0) is 6.54 Å². The number of carbonyl (C=O) groups excluding carboxylic acids is 1. The van der Waals surface area contributed by atoms with Crippen molar-refractivity contribution in [2.75, 3.05) is 25.6 Å². The minimum Gasteiger partial charge on any atom is -0.454 e. The molecule has 2 aliphatic heterocycles. The number of hydrogen-bond donors (Lipinski definition) is 1. The molecule has 4 rings (SSSR count). The van der Waals surface area contributed by atoms with E-state index in [0.717, 1.165) is 29.1 Å². The van der Waals surface area contributed by atoms with Gasteiger partial charge in [0.25, 0.3) is 0 Å². The minimum absolute atomic E-state index is 0.0814. The normalized spacial score (nSPS) is 18.9. The van der Waals surface area contributed by atoms with E-state index in [1.807, 2.05) is 30.3 Å². The van der Waals surface area contributed by atoms with Crippen LogP contribution in [0, 0.1) is 5.82 Å². The van der Waals surface area contributed by atoms with Gasteiger partial charge in [-0.15, -0.1) is 0 Å². The molecule has 1 saturated heterocycles. The van der Waals surface area contributed by atoms with Crippen molar-refractivity contribution in [2.24, 2.45) is 0 Å². The molecule has 2 heterocycles. The molecule has 0 saturated carbocycles. The molecular formula is C20H21FN2O3S. The highest BCUT2D eigenvalue weighted by Gasteiger charge is 2.23. The van der Waals surface area contributed by atoms with Crippen molar-refractivity contribution in [3.8, 4) is 11.5 Å². The maximum Gasteiger partial charge on any atom is 0.317 e. The third-order valence-corrected chi connectivity index (χ3v) is 6.07. The number of halogens is 1. The zero-order valence-electron chi connectivity index (χ0n) is 14.8. The molecule has 0 radical (unpaired) electrons. The molecule has 7 heteroatoms. The number of urea groups is 1. The number of rotatable bonds is 3. The van der Waals surface area contributed by atoms with Crippen molar-refractivity contribution in [3.05, 3.63) is 59.4 Å². The molecular weight excluding hydrogens is 367 g/mol. The zero-order valence-corrected chi connectivity index (χ0v) is 15.6. The molecule has 0 spiro atoms. The number of fused-ring (bicyclic) bond motifs is 1. The van der Waals surface area contributed by atoms with E-state index in [-0.39, 0.29) is 23.9 Å². The van der Waals surface area contributed by atoms with Gasteiger partial charge in [0.15, 0.2) is 11.5 Å². The van der Waals surface area contributed by atoms with Gasteiger partial charge in [-0.2, -0.15) is 11.8 Å². The van der Waals surface area contributed by atoms with Gasteiger partial charge in [-0.1, -0.05) is 24.3 Å². The first-order valence-electron chi connectivity index (χ1n) is 8.98. The van der Waals surface area contributed by atoms with Crippen LogP contribution >= 0.6 is 11.8 Å². The van der Waals surface area contributed by atoms with Crippen LogP contribution in [0.2, 0.25) is 0 Å². The highest BCUT2D eigenvalue weighted by Crippen LogP contribution is 2.35. The quantitative estimate of drug-likeness (QED) is 0.865. The Kier molecular flexibility index (Phi) is 5.38. The fourth-order valence-electron chi connectivity index (χ4n) is 3.30. The van der Waals surface area contributed by atoms with Crippen LogP contribution < -0.4 is 14.8 Å². The molecule has 2 aromatic carbocycles. The number of carbonyl (C=O) groups is 1. The predicted octanol–water partition coefficient (Wildman–Crippen LogP) is 3.94. The Morgan fingerprint density at radius 1 is 1.19 bits per heavy atom. The third-order valence-electron chi connectivity index (χ3n) is 4.76. The largest absolute Gasteiger partial charge is 0.454 e. The van der Waals surface area contributed by atoms with Crippen molar-refractivity contribution in [2.45, 2.75) is 18.2 Å². The summed E-state index contributed by atoms with van der Waals surface area (Å²) in [6.07, 6.45) is 0.739. The maximum absolute atomic E-state index is 14.0. The van der Waals surface area contributed by atoms with Crippen LogP contribution in [0.3, 0.4) is 0 Å². The van der Waals surface area contributed by atoms with Crippen molar-refractivity contribution in [1.29, 1.82) is 0 Å². The Bertz CT molecular complexity index is 833. The molecule has 142 valence electrons. The molecule has 2 amide bonds. The fraction of sp³-hybridized carbons (Fsp3) is 0.350. The van der Waals surface area contributed by atoms with Crippen LogP contribution in [0.5, 0.6) is 11.5 Å². The van der Waals surface area contributed by atoms with Crippen LogP contribution in [0.25, 0.3) is 0 Å². The Morgan fingerprint density at radius 2 is 2.04 bits per heavy atom. The molecule has 1 fully saturated rings. The number of nitrogens with zero attached hydrogens (tertiary/aromatic N) is 1. The van der Waals surface area contributed by atoms with Gasteiger partial charge in [0.1, 0.15) is 5.82 Å². The van der Waals surface area contributed by atoms with Crippen molar-refractivity contribution in [3.63, 3.8) is 0 Å². The van der Waals surface area contributed by atoms with E-state index in [9.17, 15) is 9.18 Å². The van der Waals surface area contributed by atoms with Crippen LogP contribution in [0.1, 0.15) is 22.8 Å². The fourth-order valence-corrected chi connectivity index (χ4v) is 4.55. The second-order valence-corrected chi connectivity index (χ2v) is 7.81. The topological polar surface area (TPSA) is 50.8 Å². The summed E-state index contributed by atoms with van der Waals surface area (Å²) in [4.78, 5) is 14.3. The molecule has 2 aliphatic rings.